The number of rotatable bonds is 8. The molecule has 0 aliphatic carbocycles. The van der Waals surface area contributed by atoms with Gasteiger partial charge in [-0.1, -0.05) is 35.3 Å². The molecular formula is C22H22Cl2N4O5. The Labute approximate surface area is 199 Å². The van der Waals surface area contributed by atoms with E-state index in [1.54, 1.807) is 43.5 Å². The van der Waals surface area contributed by atoms with Crippen LogP contribution in [0.3, 0.4) is 0 Å². The maximum atomic E-state index is 13.1. The fourth-order valence-electron chi connectivity index (χ4n) is 3.10. The molecule has 33 heavy (non-hydrogen) atoms. The lowest BCUT2D eigenvalue weighted by Gasteiger charge is -2.14. The summed E-state index contributed by atoms with van der Waals surface area (Å²) in [4.78, 5) is 37.9. The van der Waals surface area contributed by atoms with E-state index in [4.69, 9.17) is 32.7 Å². The lowest BCUT2D eigenvalue weighted by atomic mass is 10.2. The third-order valence-corrected chi connectivity index (χ3v) is 5.39. The minimum absolute atomic E-state index is 0.0705. The maximum absolute atomic E-state index is 13.1. The number of hydrogen-bond donors (Lipinski definition) is 3. The molecule has 0 aliphatic heterocycles. The van der Waals surface area contributed by atoms with Gasteiger partial charge in [-0.05, 0) is 36.8 Å². The van der Waals surface area contributed by atoms with Gasteiger partial charge in [0.25, 0.3) is 5.91 Å². The quantitative estimate of drug-likeness (QED) is 0.329. The van der Waals surface area contributed by atoms with E-state index in [0.717, 1.165) is 0 Å². The molecule has 3 N–H and O–H groups in total. The first-order chi connectivity index (χ1) is 15.8. The van der Waals surface area contributed by atoms with Gasteiger partial charge in [0.05, 0.1) is 17.2 Å². The van der Waals surface area contributed by atoms with Crippen LogP contribution in [0.2, 0.25) is 10.0 Å². The fraction of sp³-hybridized carbons (Fsp3) is 0.227. The van der Waals surface area contributed by atoms with Gasteiger partial charge in [0, 0.05) is 31.3 Å². The number of carbonyl (C=O) groups is 3. The zero-order valence-electron chi connectivity index (χ0n) is 17.9. The largest absolute Gasteiger partial charge is 0.494 e. The number of amides is 3. The number of halogens is 2. The Morgan fingerprint density at radius 1 is 1.00 bits per heavy atom. The van der Waals surface area contributed by atoms with Crippen LogP contribution in [0.4, 0.5) is 5.69 Å². The molecule has 174 valence electrons. The molecule has 0 aliphatic rings. The Morgan fingerprint density at radius 3 is 2.48 bits per heavy atom. The fourth-order valence-corrected chi connectivity index (χ4v) is 3.39. The molecule has 0 saturated heterocycles. The average molecular weight is 493 g/mol. The summed E-state index contributed by atoms with van der Waals surface area (Å²) in [5.41, 5.74) is 3.37. The van der Waals surface area contributed by atoms with Gasteiger partial charge in [-0.25, -0.2) is 4.68 Å². The number of hydrogen-bond acceptors (Lipinski definition) is 5. The molecule has 0 unspecified atom stereocenters. The van der Waals surface area contributed by atoms with Crippen LogP contribution in [-0.2, 0) is 14.3 Å². The Bertz CT molecular complexity index is 1190. The number of aromatic nitrogens is 1. The summed E-state index contributed by atoms with van der Waals surface area (Å²) >= 11 is 12.0. The van der Waals surface area contributed by atoms with Crippen LogP contribution < -0.4 is 20.8 Å². The van der Waals surface area contributed by atoms with E-state index in [1.165, 1.54) is 17.9 Å². The number of anilines is 1. The Kier molecular flexibility index (Phi) is 8.16. The van der Waals surface area contributed by atoms with Crippen LogP contribution in [0.5, 0.6) is 5.75 Å². The van der Waals surface area contributed by atoms with E-state index < -0.39 is 17.7 Å². The predicted molar refractivity (Wildman–Crippen MR) is 127 cm³/mol. The highest BCUT2D eigenvalue weighted by atomic mass is 35.5. The monoisotopic (exact) mass is 492 g/mol. The van der Waals surface area contributed by atoms with E-state index in [2.05, 4.69) is 16.1 Å². The number of ether oxygens (including phenoxy) is 2. The first-order valence-corrected chi connectivity index (χ1v) is 10.6. The summed E-state index contributed by atoms with van der Waals surface area (Å²) in [6.07, 6.45) is 0.549. The van der Waals surface area contributed by atoms with E-state index >= 15 is 0 Å². The van der Waals surface area contributed by atoms with Crippen molar-refractivity contribution in [1.29, 1.82) is 0 Å². The highest BCUT2D eigenvalue weighted by Gasteiger charge is 2.22. The number of nitrogens with one attached hydrogen (secondary N) is 3. The Balaban J connectivity index is 1.92. The van der Waals surface area contributed by atoms with Gasteiger partial charge in [-0.3, -0.25) is 19.8 Å². The lowest BCUT2D eigenvalue weighted by molar-refractivity contribution is -0.136. The van der Waals surface area contributed by atoms with Gasteiger partial charge in [0.15, 0.2) is 0 Å². The average Bonchev–Trinajstić information content (AvgIpc) is 3.17. The second kappa shape index (κ2) is 11.0. The number of methoxy groups -OCH3 is 2. The Morgan fingerprint density at radius 2 is 1.79 bits per heavy atom. The van der Waals surface area contributed by atoms with Gasteiger partial charge in [0.1, 0.15) is 17.0 Å². The second-order valence-corrected chi connectivity index (χ2v) is 7.70. The lowest BCUT2D eigenvalue weighted by Crippen LogP contribution is -2.40. The highest BCUT2D eigenvalue weighted by molar-refractivity contribution is 6.42. The molecule has 1 heterocycles. The molecule has 0 fully saturated rings. The molecular weight excluding hydrogens is 471 g/mol. The van der Waals surface area contributed by atoms with Gasteiger partial charge >= 0.3 is 11.8 Å². The number of nitrogens with zero attached hydrogens (tertiary/aromatic N) is 1. The van der Waals surface area contributed by atoms with Crippen LogP contribution in [0.15, 0.2) is 42.5 Å². The van der Waals surface area contributed by atoms with Crippen LogP contribution in [0.1, 0.15) is 16.9 Å². The van der Waals surface area contributed by atoms with E-state index in [0.29, 0.717) is 40.4 Å². The second-order valence-electron chi connectivity index (χ2n) is 6.89. The number of carbonyl (C=O) groups excluding carboxylic acids is 3. The predicted octanol–water partition coefficient (Wildman–Crippen LogP) is 3.43. The van der Waals surface area contributed by atoms with E-state index in [-0.39, 0.29) is 17.3 Å². The molecule has 0 spiro atoms. The van der Waals surface area contributed by atoms with Crippen LogP contribution in [0.25, 0.3) is 10.9 Å². The van der Waals surface area contributed by atoms with Crippen molar-refractivity contribution in [3.05, 3.63) is 58.2 Å². The molecule has 11 heteroatoms. The molecule has 3 aromatic rings. The summed E-state index contributed by atoms with van der Waals surface area (Å²) in [6, 6.07) is 11.4. The van der Waals surface area contributed by atoms with Crippen molar-refractivity contribution in [1.82, 2.24) is 9.99 Å². The zero-order chi connectivity index (χ0) is 24.0. The smallest absolute Gasteiger partial charge is 0.328 e. The molecule has 3 rings (SSSR count). The molecule has 0 bridgehead atoms. The minimum Gasteiger partial charge on any atom is -0.494 e. The van der Waals surface area contributed by atoms with Crippen molar-refractivity contribution in [3.63, 3.8) is 0 Å². The molecule has 1 aromatic heterocycles. The van der Waals surface area contributed by atoms with Crippen LogP contribution in [0, 0.1) is 0 Å². The van der Waals surface area contributed by atoms with Crippen LogP contribution >= 0.6 is 23.2 Å². The molecule has 0 saturated carbocycles. The number of fused-ring (bicyclic) bond motifs is 1. The van der Waals surface area contributed by atoms with Gasteiger partial charge in [0.2, 0.25) is 0 Å². The van der Waals surface area contributed by atoms with Crippen LogP contribution in [-0.4, -0.2) is 49.8 Å². The van der Waals surface area contributed by atoms with Crippen molar-refractivity contribution in [3.8, 4) is 5.75 Å². The van der Waals surface area contributed by atoms with Gasteiger partial charge in [-0.15, -0.1) is 0 Å². The third-order valence-electron chi connectivity index (χ3n) is 4.65. The summed E-state index contributed by atoms with van der Waals surface area (Å²) in [6.45, 7) is 0.709. The minimum atomic E-state index is -0.945. The molecule has 0 radical (unpaired) electrons. The van der Waals surface area contributed by atoms with Gasteiger partial charge < -0.3 is 20.1 Å². The SMILES string of the molecule is COCCCNC(=O)C(=O)Nn1c(C(=O)Nc2ccc(Cl)c(Cl)c2)cc2cccc(OC)c21. The summed E-state index contributed by atoms with van der Waals surface area (Å²) < 4.78 is 11.5. The Hall–Kier alpha value is -3.27. The van der Waals surface area contributed by atoms with E-state index in [1.807, 2.05) is 0 Å². The summed E-state index contributed by atoms with van der Waals surface area (Å²) in [5, 5.41) is 6.45. The maximum Gasteiger partial charge on any atom is 0.328 e. The molecule has 2 aromatic carbocycles. The van der Waals surface area contributed by atoms with Crippen molar-refractivity contribution in [2.75, 3.05) is 38.1 Å². The number of benzene rings is 2. The van der Waals surface area contributed by atoms with E-state index in [9.17, 15) is 14.4 Å². The van der Waals surface area contributed by atoms with Crippen molar-refractivity contribution >= 4 is 57.5 Å². The molecule has 3 amide bonds. The topological polar surface area (TPSA) is 111 Å². The summed E-state index contributed by atoms with van der Waals surface area (Å²) in [7, 11) is 3.01. The van der Waals surface area contributed by atoms with Gasteiger partial charge in [-0.2, -0.15) is 0 Å². The molecule has 0 atom stereocenters. The first-order valence-electron chi connectivity index (χ1n) is 9.88. The standard InChI is InChI=1S/C22H22Cl2N4O5/c1-32-10-4-9-25-21(30)22(31)27-28-17(11-13-5-3-6-18(33-2)19(13)28)20(29)26-14-7-8-15(23)16(24)12-14/h3,5-8,11-12H,4,9-10H2,1-2H3,(H,25,30)(H,26,29)(H,27,31). The number of para-hydroxylation sites is 1. The zero-order valence-corrected chi connectivity index (χ0v) is 19.4. The highest BCUT2D eigenvalue weighted by Crippen LogP contribution is 2.29. The van der Waals surface area contributed by atoms with Crippen molar-refractivity contribution < 1.29 is 23.9 Å². The summed E-state index contributed by atoms with van der Waals surface area (Å²) in [5.74, 6) is -1.94. The third kappa shape index (κ3) is 5.75. The van der Waals surface area contributed by atoms with Crippen molar-refractivity contribution in [2.24, 2.45) is 0 Å². The normalized spacial score (nSPS) is 10.7. The van der Waals surface area contributed by atoms with Crippen molar-refractivity contribution in [2.45, 2.75) is 6.42 Å². The molecule has 9 nitrogen and oxygen atoms in total. The first kappa shape index (κ1) is 24.4.